The van der Waals surface area contributed by atoms with Crippen molar-refractivity contribution in [2.45, 2.75) is 25.4 Å². The van der Waals surface area contributed by atoms with Crippen molar-refractivity contribution in [3.05, 3.63) is 57.5 Å². The molecule has 4 heterocycles. The van der Waals surface area contributed by atoms with Gasteiger partial charge in [0.1, 0.15) is 5.54 Å². The number of amides is 3. The van der Waals surface area contributed by atoms with Crippen molar-refractivity contribution in [3.8, 4) is 11.5 Å². The van der Waals surface area contributed by atoms with E-state index in [1.165, 1.54) is 21.8 Å². The topological polar surface area (TPSA) is 102 Å². The molecule has 30 heavy (non-hydrogen) atoms. The van der Waals surface area contributed by atoms with Crippen LogP contribution in [0.4, 0.5) is 4.79 Å². The molecule has 1 saturated heterocycles. The molecule has 0 radical (unpaired) electrons. The molecule has 2 aliphatic heterocycles. The first kappa shape index (κ1) is 18.6. The van der Waals surface area contributed by atoms with Crippen molar-refractivity contribution < 1.29 is 19.1 Å². The average molecular weight is 426 g/mol. The van der Waals surface area contributed by atoms with Gasteiger partial charge in [0, 0.05) is 24.1 Å². The number of carbonyl (C=O) groups is 2. The van der Waals surface area contributed by atoms with Gasteiger partial charge in [0.2, 0.25) is 0 Å². The third-order valence-electron chi connectivity index (χ3n) is 5.28. The number of aromatic nitrogens is 2. The van der Waals surface area contributed by atoms with E-state index in [0.29, 0.717) is 40.9 Å². The fourth-order valence-corrected chi connectivity index (χ4v) is 4.38. The molecule has 1 fully saturated rings. The van der Waals surface area contributed by atoms with Gasteiger partial charge in [-0.1, -0.05) is 6.07 Å². The van der Waals surface area contributed by atoms with Crippen LogP contribution in [0.5, 0.6) is 11.5 Å². The Morgan fingerprint density at radius 3 is 2.80 bits per heavy atom. The fraction of sp³-hybridized carbons (Fsp3) is 0.300. The molecule has 2 aromatic heterocycles. The minimum Gasteiger partial charge on any atom is -0.490 e. The Bertz CT molecular complexity index is 1240. The molecular weight excluding hydrogens is 408 g/mol. The van der Waals surface area contributed by atoms with Crippen molar-refractivity contribution in [3.63, 3.8) is 0 Å². The summed E-state index contributed by atoms with van der Waals surface area (Å²) in [7, 11) is 0. The van der Waals surface area contributed by atoms with Gasteiger partial charge in [-0.05, 0) is 24.6 Å². The molecule has 154 valence electrons. The molecule has 2 aliphatic rings. The molecule has 0 aliphatic carbocycles. The molecule has 3 aromatic rings. The molecule has 3 amide bonds. The zero-order chi connectivity index (χ0) is 20.9. The molecule has 1 aromatic carbocycles. The molecule has 10 heteroatoms. The number of thiazole rings is 1. The highest BCUT2D eigenvalue weighted by molar-refractivity contribution is 7.15. The summed E-state index contributed by atoms with van der Waals surface area (Å²) in [5.74, 6) is 0.738. The summed E-state index contributed by atoms with van der Waals surface area (Å²) in [4.78, 5) is 44.1. The smallest absolute Gasteiger partial charge is 0.325 e. The molecule has 1 unspecified atom stereocenters. The van der Waals surface area contributed by atoms with E-state index >= 15 is 0 Å². The molecule has 0 spiro atoms. The number of carbonyl (C=O) groups excluding carboxylic acids is 2. The number of benzene rings is 1. The van der Waals surface area contributed by atoms with Gasteiger partial charge in [-0.2, -0.15) is 0 Å². The van der Waals surface area contributed by atoms with Crippen LogP contribution in [-0.4, -0.2) is 39.4 Å². The van der Waals surface area contributed by atoms with Crippen molar-refractivity contribution in [1.82, 2.24) is 19.6 Å². The molecule has 0 saturated carbocycles. The predicted octanol–water partition coefficient (Wildman–Crippen LogP) is 1.88. The highest BCUT2D eigenvalue weighted by Crippen LogP contribution is 2.36. The van der Waals surface area contributed by atoms with Gasteiger partial charge in [-0.3, -0.25) is 18.9 Å². The van der Waals surface area contributed by atoms with Crippen LogP contribution >= 0.6 is 11.3 Å². The predicted molar refractivity (Wildman–Crippen MR) is 108 cm³/mol. The lowest BCUT2D eigenvalue weighted by atomic mass is 9.91. The van der Waals surface area contributed by atoms with E-state index in [2.05, 4.69) is 10.3 Å². The largest absolute Gasteiger partial charge is 0.490 e. The van der Waals surface area contributed by atoms with Crippen molar-refractivity contribution >= 4 is 28.2 Å². The Balaban J connectivity index is 1.45. The lowest BCUT2D eigenvalue weighted by Crippen LogP contribution is -2.40. The Hall–Kier alpha value is -3.40. The van der Waals surface area contributed by atoms with Crippen LogP contribution in [0.2, 0.25) is 0 Å². The maximum atomic E-state index is 13.2. The fourth-order valence-electron chi connectivity index (χ4n) is 3.64. The standard InChI is InChI=1S/C20H18N4O5S/c1-20(12-3-4-14-15(9-12)29-7-2-6-28-14)17(26)24(18(27)22-20)11-13-10-16(25)23-5-8-30-19(23)21-13/h3-5,8-10H,2,6-7,11H2,1H3,(H,22,27). The van der Waals surface area contributed by atoms with Crippen molar-refractivity contribution in [2.75, 3.05) is 13.2 Å². The van der Waals surface area contributed by atoms with Crippen LogP contribution in [-0.2, 0) is 16.9 Å². The van der Waals surface area contributed by atoms with Crippen LogP contribution in [0.25, 0.3) is 4.96 Å². The molecule has 0 bridgehead atoms. The second kappa shape index (κ2) is 6.84. The zero-order valence-electron chi connectivity index (χ0n) is 16.1. The number of fused-ring (bicyclic) bond motifs is 2. The first-order valence-electron chi connectivity index (χ1n) is 9.46. The second-order valence-corrected chi connectivity index (χ2v) is 8.17. The van der Waals surface area contributed by atoms with Gasteiger partial charge in [0.15, 0.2) is 16.5 Å². The number of urea groups is 1. The van der Waals surface area contributed by atoms with E-state index in [0.717, 1.165) is 11.3 Å². The lowest BCUT2D eigenvalue weighted by molar-refractivity contribution is -0.131. The van der Waals surface area contributed by atoms with E-state index in [1.54, 1.807) is 36.7 Å². The van der Waals surface area contributed by atoms with Crippen LogP contribution in [0, 0.1) is 0 Å². The van der Waals surface area contributed by atoms with Crippen LogP contribution in [0.3, 0.4) is 0 Å². The van der Waals surface area contributed by atoms with E-state index in [1.807, 2.05) is 0 Å². The van der Waals surface area contributed by atoms with Gasteiger partial charge in [-0.25, -0.2) is 9.78 Å². The van der Waals surface area contributed by atoms with E-state index in [9.17, 15) is 14.4 Å². The number of hydrogen-bond donors (Lipinski definition) is 1. The third-order valence-corrected chi connectivity index (χ3v) is 6.03. The van der Waals surface area contributed by atoms with Gasteiger partial charge < -0.3 is 14.8 Å². The SMILES string of the molecule is CC1(c2ccc3c(c2)OCCCO3)NC(=O)N(Cc2cc(=O)n3ccsc3n2)C1=O. The molecule has 1 atom stereocenters. The minimum absolute atomic E-state index is 0.0888. The quantitative estimate of drug-likeness (QED) is 0.642. The highest BCUT2D eigenvalue weighted by atomic mass is 32.1. The summed E-state index contributed by atoms with van der Waals surface area (Å²) < 4.78 is 12.8. The normalized spacial score (nSPS) is 21.0. The van der Waals surface area contributed by atoms with Crippen LogP contribution < -0.4 is 20.3 Å². The van der Waals surface area contributed by atoms with E-state index in [4.69, 9.17) is 9.47 Å². The first-order chi connectivity index (χ1) is 14.5. The van der Waals surface area contributed by atoms with Gasteiger partial charge >= 0.3 is 6.03 Å². The summed E-state index contributed by atoms with van der Waals surface area (Å²) in [5.41, 5.74) is -0.568. The van der Waals surface area contributed by atoms with Crippen LogP contribution in [0.15, 0.2) is 40.6 Å². The monoisotopic (exact) mass is 426 g/mol. The minimum atomic E-state index is -1.26. The second-order valence-electron chi connectivity index (χ2n) is 7.30. The van der Waals surface area contributed by atoms with Gasteiger partial charge in [0.05, 0.1) is 25.5 Å². The Kier molecular flexibility index (Phi) is 4.24. The molecule has 5 rings (SSSR count). The number of hydrogen-bond acceptors (Lipinski definition) is 7. The lowest BCUT2D eigenvalue weighted by Gasteiger charge is -2.23. The molecular formula is C20H18N4O5S. The molecule has 9 nitrogen and oxygen atoms in total. The summed E-state index contributed by atoms with van der Waals surface area (Å²) in [6.07, 6.45) is 2.40. The average Bonchev–Trinajstić information content (AvgIpc) is 3.18. The van der Waals surface area contributed by atoms with Crippen LogP contribution in [0.1, 0.15) is 24.6 Å². The Labute approximate surface area is 174 Å². The zero-order valence-corrected chi connectivity index (χ0v) is 16.9. The van der Waals surface area contributed by atoms with Crippen molar-refractivity contribution in [1.29, 1.82) is 0 Å². The van der Waals surface area contributed by atoms with E-state index < -0.39 is 17.5 Å². The Morgan fingerprint density at radius 1 is 1.17 bits per heavy atom. The molecule has 1 N–H and O–H groups in total. The summed E-state index contributed by atoms with van der Waals surface area (Å²) in [6, 6.07) is 6.02. The number of ether oxygens (including phenoxy) is 2. The number of nitrogens with one attached hydrogen (secondary N) is 1. The maximum absolute atomic E-state index is 13.2. The van der Waals surface area contributed by atoms with Gasteiger partial charge in [-0.15, -0.1) is 11.3 Å². The first-order valence-corrected chi connectivity index (χ1v) is 10.3. The summed E-state index contributed by atoms with van der Waals surface area (Å²) in [5, 5.41) is 4.52. The number of nitrogens with zero attached hydrogens (tertiary/aromatic N) is 3. The summed E-state index contributed by atoms with van der Waals surface area (Å²) in [6.45, 7) is 2.65. The third kappa shape index (κ3) is 2.91. The number of imide groups is 1. The maximum Gasteiger partial charge on any atom is 0.325 e. The van der Waals surface area contributed by atoms with Crippen molar-refractivity contribution in [2.24, 2.45) is 0 Å². The Morgan fingerprint density at radius 2 is 1.97 bits per heavy atom. The van der Waals surface area contributed by atoms with E-state index in [-0.39, 0.29) is 12.1 Å². The number of rotatable bonds is 3. The summed E-state index contributed by atoms with van der Waals surface area (Å²) >= 11 is 1.31. The van der Waals surface area contributed by atoms with Gasteiger partial charge in [0.25, 0.3) is 11.5 Å². The highest BCUT2D eigenvalue weighted by Gasteiger charge is 2.49.